The molecule has 0 aromatic carbocycles. The Morgan fingerprint density at radius 3 is 2.00 bits per heavy atom. The third-order valence-electron chi connectivity index (χ3n) is 2.57. The molecule has 0 saturated heterocycles. The summed E-state index contributed by atoms with van der Waals surface area (Å²) >= 11 is 0. The first-order chi connectivity index (χ1) is 6.15. The zero-order valence-electron chi connectivity index (χ0n) is 9.71. The van der Waals surface area contributed by atoms with E-state index < -0.39 is 0 Å². The van der Waals surface area contributed by atoms with Crippen LogP contribution in [0.25, 0.3) is 0 Å². The van der Waals surface area contributed by atoms with Crippen LogP contribution in [0.1, 0.15) is 40.5 Å². The number of hydrogen-bond donors (Lipinski definition) is 1. The highest BCUT2D eigenvalue weighted by molar-refractivity contribution is 4.71. The molecule has 0 aliphatic carbocycles. The summed E-state index contributed by atoms with van der Waals surface area (Å²) in [6, 6.07) is 0.694. The lowest BCUT2D eigenvalue weighted by Crippen LogP contribution is -2.37. The molecule has 2 heteroatoms. The second-order valence-electron chi connectivity index (χ2n) is 4.08. The molecule has 0 rings (SSSR count). The van der Waals surface area contributed by atoms with Gasteiger partial charge in [0.05, 0.1) is 0 Å². The van der Waals surface area contributed by atoms with Gasteiger partial charge in [0, 0.05) is 6.04 Å². The number of hydrogen-bond acceptors (Lipinski definition) is 2. The second-order valence-corrected chi connectivity index (χ2v) is 4.08. The Kier molecular flexibility index (Phi) is 7.29. The van der Waals surface area contributed by atoms with E-state index >= 15 is 0 Å². The van der Waals surface area contributed by atoms with E-state index in [9.17, 15) is 0 Å². The van der Waals surface area contributed by atoms with Gasteiger partial charge in [0.25, 0.3) is 0 Å². The highest BCUT2D eigenvalue weighted by Gasteiger charge is 2.15. The molecule has 0 amide bonds. The Hall–Kier alpha value is -0.0800. The molecule has 0 aliphatic heterocycles. The van der Waals surface area contributed by atoms with Crippen LogP contribution in [0.2, 0.25) is 0 Å². The Morgan fingerprint density at radius 1 is 1.15 bits per heavy atom. The molecule has 0 aromatic rings. The van der Waals surface area contributed by atoms with E-state index in [4.69, 9.17) is 5.73 Å². The Bertz CT molecular complexity index is 109. The van der Waals surface area contributed by atoms with E-state index in [1.54, 1.807) is 0 Å². The Balaban J connectivity index is 4.03. The summed E-state index contributed by atoms with van der Waals surface area (Å²) in [7, 11) is 0. The first kappa shape index (κ1) is 12.9. The minimum Gasteiger partial charge on any atom is -0.330 e. The van der Waals surface area contributed by atoms with Crippen LogP contribution in [0.3, 0.4) is 0 Å². The monoisotopic (exact) mass is 186 g/mol. The molecule has 2 nitrogen and oxygen atoms in total. The van der Waals surface area contributed by atoms with E-state index in [-0.39, 0.29) is 0 Å². The van der Waals surface area contributed by atoms with Crippen LogP contribution in [0.15, 0.2) is 0 Å². The maximum absolute atomic E-state index is 5.63. The summed E-state index contributed by atoms with van der Waals surface area (Å²) in [6.07, 6.45) is 2.42. The summed E-state index contributed by atoms with van der Waals surface area (Å²) in [6.45, 7) is 12.1. The van der Waals surface area contributed by atoms with Gasteiger partial charge in [0.2, 0.25) is 0 Å². The van der Waals surface area contributed by atoms with Crippen molar-refractivity contribution < 1.29 is 0 Å². The van der Waals surface area contributed by atoms with E-state index in [0.29, 0.717) is 6.04 Å². The highest BCUT2D eigenvalue weighted by atomic mass is 15.1. The molecule has 0 aromatic heterocycles. The van der Waals surface area contributed by atoms with Gasteiger partial charge in [-0.15, -0.1) is 0 Å². The van der Waals surface area contributed by atoms with Crippen molar-refractivity contribution in [3.05, 3.63) is 0 Å². The lowest BCUT2D eigenvalue weighted by Gasteiger charge is -2.30. The lowest BCUT2D eigenvalue weighted by atomic mass is 9.99. The number of nitrogens with two attached hydrogens (primary N) is 1. The van der Waals surface area contributed by atoms with Crippen molar-refractivity contribution in [2.45, 2.75) is 46.6 Å². The summed E-state index contributed by atoms with van der Waals surface area (Å²) in [5.41, 5.74) is 5.63. The highest BCUT2D eigenvalue weighted by Crippen LogP contribution is 2.13. The molecule has 2 N–H and O–H groups in total. The zero-order valence-corrected chi connectivity index (χ0v) is 9.71. The molecule has 0 spiro atoms. The summed E-state index contributed by atoms with van der Waals surface area (Å²) < 4.78 is 0. The molecule has 13 heavy (non-hydrogen) atoms. The van der Waals surface area contributed by atoms with Crippen molar-refractivity contribution in [3.63, 3.8) is 0 Å². The molecule has 0 radical (unpaired) electrons. The average Bonchev–Trinajstić information content (AvgIpc) is 2.05. The van der Waals surface area contributed by atoms with Gasteiger partial charge in [0.15, 0.2) is 0 Å². The van der Waals surface area contributed by atoms with Gasteiger partial charge in [-0.2, -0.15) is 0 Å². The third-order valence-corrected chi connectivity index (χ3v) is 2.57. The topological polar surface area (TPSA) is 29.3 Å². The molecule has 0 saturated carbocycles. The quantitative estimate of drug-likeness (QED) is 0.659. The largest absolute Gasteiger partial charge is 0.330 e. The summed E-state index contributed by atoms with van der Waals surface area (Å²) in [5, 5.41) is 0. The normalized spacial score (nSPS) is 14.1. The molecular formula is C11H26N2. The third kappa shape index (κ3) is 5.27. The zero-order chi connectivity index (χ0) is 10.3. The van der Waals surface area contributed by atoms with Crippen LogP contribution in [0, 0.1) is 5.92 Å². The summed E-state index contributed by atoms with van der Waals surface area (Å²) in [5.74, 6) is 0.775. The van der Waals surface area contributed by atoms with E-state index in [1.807, 2.05) is 0 Å². The van der Waals surface area contributed by atoms with E-state index in [1.165, 1.54) is 6.42 Å². The van der Waals surface area contributed by atoms with Crippen LogP contribution in [0.5, 0.6) is 0 Å². The minimum atomic E-state index is 0.694. The van der Waals surface area contributed by atoms with Crippen LogP contribution >= 0.6 is 0 Å². The van der Waals surface area contributed by atoms with Gasteiger partial charge in [-0.25, -0.2) is 0 Å². The van der Waals surface area contributed by atoms with E-state index in [0.717, 1.165) is 32.0 Å². The van der Waals surface area contributed by atoms with Gasteiger partial charge in [-0.3, -0.25) is 0 Å². The first-order valence-corrected chi connectivity index (χ1v) is 5.59. The fourth-order valence-electron chi connectivity index (χ4n) is 1.93. The van der Waals surface area contributed by atoms with Gasteiger partial charge in [-0.05, 0) is 38.4 Å². The van der Waals surface area contributed by atoms with Crippen molar-refractivity contribution in [1.82, 2.24) is 4.90 Å². The van der Waals surface area contributed by atoms with Crippen LogP contribution in [0.4, 0.5) is 0 Å². The molecular weight excluding hydrogens is 160 g/mol. The van der Waals surface area contributed by atoms with Crippen molar-refractivity contribution in [2.75, 3.05) is 19.6 Å². The molecule has 0 aliphatic rings. The summed E-state index contributed by atoms with van der Waals surface area (Å²) in [4.78, 5) is 2.52. The molecule has 1 unspecified atom stereocenters. The van der Waals surface area contributed by atoms with E-state index in [2.05, 4.69) is 32.6 Å². The van der Waals surface area contributed by atoms with Gasteiger partial charge >= 0.3 is 0 Å². The van der Waals surface area contributed by atoms with Crippen molar-refractivity contribution >= 4 is 0 Å². The van der Waals surface area contributed by atoms with Gasteiger partial charge < -0.3 is 10.6 Å². The Morgan fingerprint density at radius 2 is 1.69 bits per heavy atom. The molecule has 1 atom stereocenters. The van der Waals surface area contributed by atoms with Gasteiger partial charge in [0.1, 0.15) is 0 Å². The minimum absolute atomic E-state index is 0.694. The van der Waals surface area contributed by atoms with Crippen molar-refractivity contribution in [1.29, 1.82) is 0 Å². The van der Waals surface area contributed by atoms with Crippen molar-refractivity contribution in [2.24, 2.45) is 11.7 Å². The molecule has 0 heterocycles. The Labute approximate surface area is 83.5 Å². The predicted octanol–water partition coefficient (Wildman–Crippen LogP) is 2.09. The molecule has 80 valence electrons. The first-order valence-electron chi connectivity index (χ1n) is 5.59. The maximum atomic E-state index is 5.63. The van der Waals surface area contributed by atoms with Crippen LogP contribution < -0.4 is 5.73 Å². The average molecular weight is 186 g/mol. The second kappa shape index (κ2) is 7.34. The lowest BCUT2D eigenvalue weighted by molar-refractivity contribution is 0.183. The fraction of sp³-hybridized carbons (Fsp3) is 1.00. The fourth-order valence-corrected chi connectivity index (χ4v) is 1.93. The number of rotatable bonds is 7. The smallest absolute Gasteiger partial charge is 0.0109 e. The maximum Gasteiger partial charge on any atom is 0.0109 e. The van der Waals surface area contributed by atoms with Crippen molar-refractivity contribution in [3.8, 4) is 0 Å². The number of nitrogens with zero attached hydrogens (tertiary/aromatic N) is 1. The van der Waals surface area contributed by atoms with Gasteiger partial charge in [-0.1, -0.05) is 27.7 Å². The van der Waals surface area contributed by atoms with Crippen LogP contribution in [-0.4, -0.2) is 30.6 Å². The van der Waals surface area contributed by atoms with Crippen LogP contribution in [-0.2, 0) is 0 Å². The predicted molar refractivity (Wildman–Crippen MR) is 59.8 cm³/mol. The molecule has 0 bridgehead atoms. The molecule has 0 fully saturated rings. The SMILES string of the molecule is CCN(CC)C(CCN)CC(C)C. The standard InChI is InChI=1S/C11H26N2/c1-5-13(6-2)11(7-8-12)9-10(3)4/h10-11H,5-9,12H2,1-4H3.